The summed E-state index contributed by atoms with van der Waals surface area (Å²) in [5.41, 5.74) is 0. The van der Waals surface area contributed by atoms with Gasteiger partial charge >= 0.3 is 0 Å². The van der Waals surface area contributed by atoms with Gasteiger partial charge in [-0.25, -0.2) is 4.98 Å². The van der Waals surface area contributed by atoms with Gasteiger partial charge in [0.05, 0.1) is 7.11 Å². The van der Waals surface area contributed by atoms with E-state index in [4.69, 9.17) is 4.74 Å². The highest BCUT2D eigenvalue weighted by Crippen LogP contribution is 2.25. The number of ether oxygens (including phenoxy) is 1. The molecule has 1 aliphatic carbocycles. The number of hydrogen-bond acceptors (Lipinski definition) is 4. The SMILES string of the molecule is COc1ccc2ccnc(NCCNC3CC3)c2c1. The minimum absolute atomic E-state index is 0.752. The Morgan fingerprint density at radius 3 is 2.95 bits per heavy atom. The van der Waals surface area contributed by atoms with Crippen LogP contribution in [-0.4, -0.2) is 31.2 Å². The van der Waals surface area contributed by atoms with Crippen LogP contribution in [0.25, 0.3) is 10.8 Å². The summed E-state index contributed by atoms with van der Waals surface area (Å²) < 4.78 is 5.27. The topological polar surface area (TPSA) is 46.2 Å². The van der Waals surface area contributed by atoms with Gasteiger partial charge in [0.1, 0.15) is 11.6 Å². The molecule has 1 heterocycles. The predicted molar refractivity (Wildman–Crippen MR) is 77.8 cm³/mol. The van der Waals surface area contributed by atoms with Crippen LogP contribution in [0.5, 0.6) is 5.75 Å². The van der Waals surface area contributed by atoms with Crippen LogP contribution in [0.3, 0.4) is 0 Å². The fourth-order valence-corrected chi connectivity index (χ4v) is 2.16. The van der Waals surface area contributed by atoms with Crippen molar-refractivity contribution in [2.24, 2.45) is 0 Å². The third kappa shape index (κ3) is 2.96. The molecule has 0 aliphatic heterocycles. The highest BCUT2D eigenvalue weighted by Gasteiger charge is 2.19. The van der Waals surface area contributed by atoms with E-state index in [1.165, 1.54) is 18.2 Å². The molecular weight excluding hydrogens is 238 g/mol. The summed E-state index contributed by atoms with van der Waals surface area (Å²) in [4.78, 5) is 4.42. The Morgan fingerprint density at radius 2 is 2.16 bits per heavy atom. The van der Waals surface area contributed by atoms with Gasteiger partial charge in [-0.15, -0.1) is 0 Å². The molecule has 2 N–H and O–H groups in total. The van der Waals surface area contributed by atoms with Crippen LogP contribution in [0.2, 0.25) is 0 Å². The molecule has 1 aromatic carbocycles. The molecule has 1 aliphatic rings. The molecule has 1 fully saturated rings. The molecule has 0 amide bonds. The fourth-order valence-electron chi connectivity index (χ4n) is 2.16. The lowest BCUT2D eigenvalue weighted by atomic mass is 10.1. The first kappa shape index (κ1) is 12.2. The third-order valence-electron chi connectivity index (χ3n) is 3.40. The maximum absolute atomic E-state index is 5.27. The number of rotatable bonds is 6. The molecule has 1 aromatic heterocycles. The molecule has 19 heavy (non-hydrogen) atoms. The monoisotopic (exact) mass is 257 g/mol. The van der Waals surface area contributed by atoms with E-state index in [-0.39, 0.29) is 0 Å². The molecule has 0 radical (unpaired) electrons. The maximum Gasteiger partial charge on any atom is 0.133 e. The second-order valence-electron chi connectivity index (χ2n) is 4.90. The Kier molecular flexibility index (Phi) is 3.51. The summed E-state index contributed by atoms with van der Waals surface area (Å²) in [6.07, 6.45) is 4.49. The summed E-state index contributed by atoms with van der Waals surface area (Å²) in [7, 11) is 1.68. The van der Waals surface area contributed by atoms with E-state index < -0.39 is 0 Å². The second kappa shape index (κ2) is 5.45. The maximum atomic E-state index is 5.27. The van der Waals surface area contributed by atoms with Gasteiger partial charge in [0, 0.05) is 30.7 Å². The number of nitrogens with zero attached hydrogens (tertiary/aromatic N) is 1. The van der Waals surface area contributed by atoms with E-state index in [9.17, 15) is 0 Å². The van der Waals surface area contributed by atoms with E-state index in [1.54, 1.807) is 7.11 Å². The molecule has 100 valence electrons. The van der Waals surface area contributed by atoms with Crippen LogP contribution in [-0.2, 0) is 0 Å². The van der Waals surface area contributed by atoms with Gasteiger partial charge in [-0.3, -0.25) is 0 Å². The molecule has 0 spiro atoms. The predicted octanol–water partition coefficient (Wildman–Crippen LogP) is 2.41. The zero-order valence-electron chi connectivity index (χ0n) is 11.1. The number of benzene rings is 1. The Hall–Kier alpha value is -1.81. The number of nitrogens with one attached hydrogen (secondary N) is 2. The van der Waals surface area contributed by atoms with Gasteiger partial charge in [0.15, 0.2) is 0 Å². The second-order valence-corrected chi connectivity index (χ2v) is 4.90. The fraction of sp³-hybridized carbons (Fsp3) is 0.400. The van der Waals surface area contributed by atoms with Gasteiger partial charge in [0.2, 0.25) is 0 Å². The van der Waals surface area contributed by atoms with Crippen LogP contribution in [0.1, 0.15) is 12.8 Å². The first-order valence-corrected chi connectivity index (χ1v) is 6.77. The van der Waals surface area contributed by atoms with Crippen molar-refractivity contribution in [2.45, 2.75) is 18.9 Å². The van der Waals surface area contributed by atoms with Gasteiger partial charge in [-0.05, 0) is 36.4 Å². The lowest BCUT2D eigenvalue weighted by molar-refractivity contribution is 0.415. The molecule has 4 heteroatoms. The zero-order valence-corrected chi connectivity index (χ0v) is 11.1. The van der Waals surface area contributed by atoms with Crippen LogP contribution in [0.4, 0.5) is 5.82 Å². The van der Waals surface area contributed by atoms with Gasteiger partial charge in [0.25, 0.3) is 0 Å². The largest absolute Gasteiger partial charge is 0.497 e. The average molecular weight is 257 g/mol. The molecule has 4 nitrogen and oxygen atoms in total. The molecule has 3 rings (SSSR count). The van der Waals surface area contributed by atoms with Gasteiger partial charge < -0.3 is 15.4 Å². The van der Waals surface area contributed by atoms with E-state index in [1.807, 2.05) is 24.4 Å². The Balaban J connectivity index is 1.72. The minimum atomic E-state index is 0.752. The standard InChI is InChI=1S/C15H19N3O/c1-19-13-5-2-11-6-7-17-15(14(11)10-13)18-9-8-16-12-3-4-12/h2,5-7,10,12,16H,3-4,8-9H2,1H3,(H,17,18). The van der Waals surface area contributed by atoms with Crippen molar-refractivity contribution in [1.29, 1.82) is 0 Å². The van der Waals surface area contributed by atoms with Crippen molar-refractivity contribution in [1.82, 2.24) is 10.3 Å². The van der Waals surface area contributed by atoms with E-state index in [0.717, 1.165) is 36.1 Å². The van der Waals surface area contributed by atoms with E-state index in [2.05, 4.69) is 21.7 Å². The normalized spacial score (nSPS) is 14.6. The number of hydrogen-bond donors (Lipinski definition) is 2. The van der Waals surface area contributed by atoms with Crippen molar-refractivity contribution in [3.8, 4) is 5.75 Å². The number of pyridine rings is 1. The molecule has 2 aromatic rings. The van der Waals surface area contributed by atoms with Crippen LogP contribution in [0.15, 0.2) is 30.5 Å². The third-order valence-corrected chi connectivity index (χ3v) is 3.40. The Bertz CT molecular complexity index is 566. The van der Waals surface area contributed by atoms with Gasteiger partial charge in [-0.1, -0.05) is 6.07 Å². The molecule has 0 saturated heterocycles. The highest BCUT2D eigenvalue weighted by molar-refractivity contribution is 5.92. The van der Waals surface area contributed by atoms with Crippen molar-refractivity contribution >= 4 is 16.6 Å². The molecular formula is C15H19N3O. The number of methoxy groups -OCH3 is 1. The number of aromatic nitrogens is 1. The average Bonchev–Trinajstić information content (AvgIpc) is 3.27. The van der Waals surface area contributed by atoms with Crippen LogP contribution >= 0.6 is 0 Å². The minimum Gasteiger partial charge on any atom is -0.497 e. The first-order chi connectivity index (χ1) is 9.36. The summed E-state index contributed by atoms with van der Waals surface area (Å²) >= 11 is 0. The smallest absolute Gasteiger partial charge is 0.133 e. The number of anilines is 1. The molecule has 0 bridgehead atoms. The van der Waals surface area contributed by atoms with Crippen LogP contribution in [0, 0.1) is 0 Å². The van der Waals surface area contributed by atoms with Crippen molar-refractivity contribution in [3.05, 3.63) is 30.5 Å². The Labute approximate surface area is 113 Å². The zero-order chi connectivity index (χ0) is 13.1. The summed E-state index contributed by atoms with van der Waals surface area (Å²) in [5, 5.41) is 9.15. The van der Waals surface area contributed by atoms with Gasteiger partial charge in [-0.2, -0.15) is 0 Å². The van der Waals surface area contributed by atoms with E-state index >= 15 is 0 Å². The summed E-state index contributed by atoms with van der Waals surface area (Å²) in [6, 6.07) is 8.83. The van der Waals surface area contributed by atoms with E-state index in [0.29, 0.717) is 0 Å². The summed E-state index contributed by atoms with van der Waals surface area (Å²) in [5.74, 6) is 1.79. The van der Waals surface area contributed by atoms with Crippen molar-refractivity contribution < 1.29 is 4.74 Å². The lowest BCUT2D eigenvalue weighted by Crippen LogP contribution is -2.24. The highest BCUT2D eigenvalue weighted by atomic mass is 16.5. The number of fused-ring (bicyclic) bond motifs is 1. The van der Waals surface area contributed by atoms with Crippen molar-refractivity contribution in [3.63, 3.8) is 0 Å². The van der Waals surface area contributed by atoms with Crippen LogP contribution < -0.4 is 15.4 Å². The molecule has 1 saturated carbocycles. The lowest BCUT2D eigenvalue weighted by Gasteiger charge is -2.10. The van der Waals surface area contributed by atoms with Crippen molar-refractivity contribution in [2.75, 3.05) is 25.5 Å². The molecule has 0 unspecified atom stereocenters. The summed E-state index contributed by atoms with van der Waals surface area (Å²) in [6.45, 7) is 1.87. The molecule has 0 atom stereocenters. The Morgan fingerprint density at radius 1 is 1.26 bits per heavy atom. The first-order valence-electron chi connectivity index (χ1n) is 6.77. The quantitative estimate of drug-likeness (QED) is 0.780.